The van der Waals surface area contributed by atoms with Crippen molar-refractivity contribution in [3.8, 4) is 0 Å². The third kappa shape index (κ3) is 4.58. The van der Waals surface area contributed by atoms with Crippen molar-refractivity contribution in [3.63, 3.8) is 0 Å². The fourth-order valence-corrected chi connectivity index (χ4v) is 2.49. The Morgan fingerprint density at radius 3 is 2.61 bits per heavy atom. The fourth-order valence-electron chi connectivity index (χ4n) is 2.49. The summed E-state index contributed by atoms with van der Waals surface area (Å²) in [5.74, 6) is 0.532. The van der Waals surface area contributed by atoms with Crippen molar-refractivity contribution in [2.24, 2.45) is 5.92 Å². The maximum atomic E-state index is 11.8. The number of esters is 1. The molecule has 1 unspecified atom stereocenters. The van der Waals surface area contributed by atoms with Crippen molar-refractivity contribution < 1.29 is 14.3 Å². The first-order chi connectivity index (χ1) is 8.79. The third-order valence-corrected chi connectivity index (χ3v) is 3.70. The van der Waals surface area contributed by atoms with Crippen molar-refractivity contribution in [3.05, 3.63) is 0 Å². The molecule has 0 aromatic heterocycles. The summed E-state index contributed by atoms with van der Waals surface area (Å²) in [5, 5.41) is 3.30. The highest BCUT2D eigenvalue weighted by Crippen LogP contribution is 2.25. The Labute approximate surface area is 109 Å². The molecule has 2 fully saturated rings. The number of hydrogen-bond acceptors (Lipinski definition) is 4. The third-order valence-electron chi connectivity index (χ3n) is 3.70. The van der Waals surface area contributed by atoms with Crippen LogP contribution in [0, 0.1) is 5.92 Å². The Hall–Kier alpha value is -0.610. The zero-order valence-electron chi connectivity index (χ0n) is 11.3. The largest absolute Gasteiger partial charge is 0.465 e. The van der Waals surface area contributed by atoms with E-state index in [1.54, 1.807) is 0 Å². The summed E-state index contributed by atoms with van der Waals surface area (Å²) < 4.78 is 10.8. The SMILES string of the molecule is CCOC(=O)C(COCC1CCCC1)NC1CC1. The molecule has 0 heterocycles. The van der Waals surface area contributed by atoms with Gasteiger partial charge in [0.2, 0.25) is 0 Å². The van der Waals surface area contributed by atoms with Crippen molar-refractivity contribution >= 4 is 5.97 Å². The number of nitrogens with one attached hydrogen (secondary N) is 1. The number of hydrogen-bond donors (Lipinski definition) is 1. The van der Waals surface area contributed by atoms with Gasteiger partial charge in [0.1, 0.15) is 6.04 Å². The molecule has 2 rings (SSSR count). The van der Waals surface area contributed by atoms with Crippen LogP contribution in [0.25, 0.3) is 0 Å². The summed E-state index contributed by atoms with van der Waals surface area (Å²) >= 11 is 0. The average molecular weight is 255 g/mol. The second kappa shape index (κ2) is 7.10. The molecule has 18 heavy (non-hydrogen) atoms. The van der Waals surface area contributed by atoms with Crippen LogP contribution in [-0.4, -0.2) is 37.9 Å². The van der Waals surface area contributed by atoms with Crippen molar-refractivity contribution in [1.82, 2.24) is 5.32 Å². The molecule has 1 N–H and O–H groups in total. The number of carbonyl (C=O) groups is 1. The first kappa shape index (κ1) is 13.8. The van der Waals surface area contributed by atoms with Crippen LogP contribution in [0.3, 0.4) is 0 Å². The Morgan fingerprint density at radius 1 is 1.28 bits per heavy atom. The normalized spacial score (nSPS) is 22.1. The molecule has 4 nitrogen and oxygen atoms in total. The maximum Gasteiger partial charge on any atom is 0.325 e. The van der Waals surface area contributed by atoms with Gasteiger partial charge in [0.15, 0.2) is 0 Å². The molecule has 1 atom stereocenters. The Balaban J connectivity index is 1.67. The lowest BCUT2D eigenvalue weighted by atomic mass is 10.1. The Kier molecular flexibility index (Phi) is 5.45. The van der Waals surface area contributed by atoms with E-state index in [4.69, 9.17) is 9.47 Å². The van der Waals surface area contributed by atoms with Gasteiger partial charge in [0.25, 0.3) is 0 Å². The van der Waals surface area contributed by atoms with Gasteiger partial charge in [-0.05, 0) is 38.5 Å². The summed E-state index contributed by atoms with van der Waals surface area (Å²) in [5.41, 5.74) is 0. The average Bonchev–Trinajstić information content (AvgIpc) is 3.02. The van der Waals surface area contributed by atoms with E-state index in [0.717, 1.165) is 6.61 Å². The molecule has 2 saturated carbocycles. The van der Waals surface area contributed by atoms with Crippen LogP contribution in [0.5, 0.6) is 0 Å². The summed E-state index contributed by atoms with van der Waals surface area (Å²) in [6.45, 7) is 3.52. The minimum absolute atomic E-state index is 0.171. The molecule has 2 aliphatic rings. The van der Waals surface area contributed by atoms with E-state index in [1.807, 2.05) is 6.92 Å². The fraction of sp³-hybridized carbons (Fsp3) is 0.929. The first-order valence-electron chi connectivity index (χ1n) is 7.30. The Morgan fingerprint density at radius 2 is 2.00 bits per heavy atom. The molecule has 0 amide bonds. The zero-order chi connectivity index (χ0) is 12.8. The van der Waals surface area contributed by atoms with E-state index in [-0.39, 0.29) is 12.0 Å². The van der Waals surface area contributed by atoms with Gasteiger partial charge in [-0.15, -0.1) is 0 Å². The van der Waals surface area contributed by atoms with Crippen molar-refractivity contribution in [1.29, 1.82) is 0 Å². The van der Waals surface area contributed by atoms with Crippen LogP contribution >= 0.6 is 0 Å². The molecule has 2 aliphatic carbocycles. The summed E-state index contributed by atoms with van der Waals surface area (Å²) in [7, 11) is 0. The zero-order valence-corrected chi connectivity index (χ0v) is 11.3. The molecule has 0 radical (unpaired) electrons. The highest BCUT2D eigenvalue weighted by Gasteiger charge is 2.29. The maximum absolute atomic E-state index is 11.8. The molecule has 0 saturated heterocycles. The minimum Gasteiger partial charge on any atom is -0.465 e. The van der Waals surface area contributed by atoms with Crippen LogP contribution in [-0.2, 0) is 14.3 Å². The van der Waals surface area contributed by atoms with E-state index in [1.165, 1.54) is 38.5 Å². The van der Waals surface area contributed by atoms with Crippen molar-refractivity contribution in [2.75, 3.05) is 19.8 Å². The predicted molar refractivity (Wildman–Crippen MR) is 69.4 cm³/mol. The van der Waals surface area contributed by atoms with Crippen molar-refractivity contribution in [2.45, 2.75) is 57.5 Å². The number of carbonyl (C=O) groups excluding carboxylic acids is 1. The van der Waals surface area contributed by atoms with Crippen LogP contribution in [0.2, 0.25) is 0 Å². The van der Waals surface area contributed by atoms with Gasteiger partial charge in [0.05, 0.1) is 13.2 Å². The monoisotopic (exact) mass is 255 g/mol. The molecule has 0 bridgehead atoms. The molecule has 0 aromatic rings. The number of rotatable bonds is 8. The molecule has 0 aliphatic heterocycles. The van der Waals surface area contributed by atoms with Crippen LogP contribution < -0.4 is 5.32 Å². The number of ether oxygens (including phenoxy) is 2. The van der Waals surface area contributed by atoms with E-state index < -0.39 is 0 Å². The quantitative estimate of drug-likeness (QED) is 0.673. The summed E-state index contributed by atoms with van der Waals surface area (Å²) in [4.78, 5) is 11.8. The molecule has 0 aromatic carbocycles. The van der Waals surface area contributed by atoms with Crippen LogP contribution in [0.1, 0.15) is 45.4 Å². The highest BCUT2D eigenvalue weighted by atomic mass is 16.5. The van der Waals surface area contributed by atoms with Gasteiger partial charge < -0.3 is 9.47 Å². The lowest BCUT2D eigenvalue weighted by Crippen LogP contribution is -2.43. The first-order valence-corrected chi connectivity index (χ1v) is 7.30. The van der Waals surface area contributed by atoms with Crippen LogP contribution in [0.15, 0.2) is 0 Å². The second-order valence-corrected chi connectivity index (χ2v) is 5.43. The van der Waals surface area contributed by atoms with Gasteiger partial charge >= 0.3 is 5.97 Å². The van der Waals surface area contributed by atoms with E-state index in [2.05, 4.69) is 5.32 Å². The van der Waals surface area contributed by atoms with E-state index >= 15 is 0 Å². The topological polar surface area (TPSA) is 47.6 Å². The molecule has 4 heteroatoms. The Bertz CT molecular complexity index is 260. The second-order valence-electron chi connectivity index (χ2n) is 5.43. The van der Waals surface area contributed by atoms with Gasteiger partial charge in [0, 0.05) is 12.6 Å². The lowest BCUT2D eigenvalue weighted by molar-refractivity contribution is -0.147. The van der Waals surface area contributed by atoms with E-state index in [0.29, 0.717) is 25.2 Å². The van der Waals surface area contributed by atoms with Gasteiger partial charge in [-0.1, -0.05) is 12.8 Å². The van der Waals surface area contributed by atoms with Gasteiger partial charge in [-0.25, -0.2) is 0 Å². The van der Waals surface area contributed by atoms with Gasteiger partial charge in [-0.3, -0.25) is 10.1 Å². The lowest BCUT2D eigenvalue weighted by Gasteiger charge is -2.18. The molecular weight excluding hydrogens is 230 g/mol. The smallest absolute Gasteiger partial charge is 0.325 e. The van der Waals surface area contributed by atoms with Gasteiger partial charge in [-0.2, -0.15) is 0 Å². The molecular formula is C14H25NO3. The predicted octanol–water partition coefficient (Wildman–Crippen LogP) is 1.88. The summed E-state index contributed by atoms with van der Waals surface area (Å²) in [6, 6.07) is 0.216. The molecule has 0 spiro atoms. The minimum atomic E-state index is -0.279. The summed E-state index contributed by atoms with van der Waals surface area (Å²) in [6.07, 6.45) is 7.54. The van der Waals surface area contributed by atoms with Crippen LogP contribution in [0.4, 0.5) is 0 Å². The molecule has 104 valence electrons. The van der Waals surface area contributed by atoms with E-state index in [9.17, 15) is 4.79 Å². The standard InChI is InChI=1S/C14H25NO3/c1-2-18-14(16)13(15-12-7-8-12)10-17-9-11-5-3-4-6-11/h11-13,15H,2-10H2,1H3. The highest BCUT2D eigenvalue weighted by molar-refractivity contribution is 5.76.